The molecule has 2 rings (SSSR count). The van der Waals surface area contributed by atoms with Crippen molar-refractivity contribution in [1.82, 2.24) is 0 Å². The minimum absolute atomic E-state index is 0.147. The maximum absolute atomic E-state index is 6.17. The van der Waals surface area contributed by atoms with Crippen molar-refractivity contribution in [2.45, 2.75) is 33.8 Å². The highest BCUT2D eigenvalue weighted by atomic mass is 35.5. The quantitative estimate of drug-likeness (QED) is 0.703. The predicted molar refractivity (Wildman–Crippen MR) is 97.1 cm³/mol. The molecule has 0 aliphatic carbocycles. The number of benzene rings is 2. The molecule has 0 saturated heterocycles. The van der Waals surface area contributed by atoms with E-state index in [1.54, 1.807) is 0 Å². The zero-order valence-corrected chi connectivity index (χ0v) is 14.9. The topological polar surface area (TPSA) is 30.5 Å². The maximum atomic E-state index is 6.17. The highest BCUT2D eigenvalue weighted by Gasteiger charge is 2.05. The van der Waals surface area contributed by atoms with Crippen molar-refractivity contribution < 1.29 is 9.47 Å². The number of aryl methyl sites for hydroxylation is 2. The zero-order chi connectivity index (χ0) is 16.8. The number of hydrogen-bond donors (Lipinski definition) is 1. The summed E-state index contributed by atoms with van der Waals surface area (Å²) < 4.78 is 11.6. The average Bonchev–Trinajstić information content (AvgIpc) is 2.50. The predicted octanol–water partition coefficient (Wildman–Crippen LogP) is 5.23. The van der Waals surface area contributed by atoms with Crippen LogP contribution in [0.3, 0.4) is 0 Å². The lowest BCUT2D eigenvalue weighted by molar-refractivity contribution is 0.243. The third-order valence-corrected chi connectivity index (χ3v) is 3.94. The van der Waals surface area contributed by atoms with Crippen molar-refractivity contribution in [2.75, 3.05) is 18.5 Å². The molecule has 2 aromatic carbocycles. The van der Waals surface area contributed by atoms with E-state index < -0.39 is 0 Å². The summed E-state index contributed by atoms with van der Waals surface area (Å²) in [7, 11) is 0. The van der Waals surface area contributed by atoms with Crippen molar-refractivity contribution in [3.05, 3.63) is 52.5 Å². The summed E-state index contributed by atoms with van der Waals surface area (Å²) in [6.45, 7) is 9.27. The van der Waals surface area contributed by atoms with Crippen LogP contribution in [0.1, 0.15) is 25.0 Å². The van der Waals surface area contributed by atoms with E-state index in [2.05, 4.69) is 5.32 Å². The largest absolute Gasteiger partial charge is 0.492 e. The molecule has 0 saturated carbocycles. The summed E-state index contributed by atoms with van der Waals surface area (Å²) >= 11 is 6.17. The van der Waals surface area contributed by atoms with Gasteiger partial charge in [0.05, 0.1) is 11.8 Å². The number of ether oxygens (including phenoxy) is 2. The van der Waals surface area contributed by atoms with Gasteiger partial charge in [-0.3, -0.25) is 0 Å². The van der Waals surface area contributed by atoms with Crippen LogP contribution in [0.5, 0.6) is 11.5 Å². The van der Waals surface area contributed by atoms with E-state index in [-0.39, 0.29) is 6.10 Å². The summed E-state index contributed by atoms with van der Waals surface area (Å²) in [6, 6.07) is 11.9. The molecule has 124 valence electrons. The Hall–Kier alpha value is -1.87. The van der Waals surface area contributed by atoms with Gasteiger partial charge in [0.2, 0.25) is 0 Å². The summed E-state index contributed by atoms with van der Waals surface area (Å²) in [5, 5.41) is 4.15. The van der Waals surface area contributed by atoms with E-state index in [1.165, 1.54) is 0 Å². The number of hydrogen-bond acceptors (Lipinski definition) is 3. The molecule has 23 heavy (non-hydrogen) atoms. The lowest BCUT2D eigenvalue weighted by Crippen LogP contribution is -2.13. The van der Waals surface area contributed by atoms with E-state index in [0.29, 0.717) is 13.2 Å². The van der Waals surface area contributed by atoms with Crippen molar-refractivity contribution in [3.63, 3.8) is 0 Å². The molecule has 3 nitrogen and oxygen atoms in total. The molecule has 0 bridgehead atoms. The van der Waals surface area contributed by atoms with Crippen LogP contribution in [0.15, 0.2) is 36.4 Å². The molecule has 2 aromatic rings. The Morgan fingerprint density at radius 1 is 1.09 bits per heavy atom. The van der Waals surface area contributed by atoms with Gasteiger partial charge in [0.1, 0.15) is 18.1 Å². The van der Waals surface area contributed by atoms with Crippen LogP contribution in [0, 0.1) is 13.8 Å². The second kappa shape index (κ2) is 8.11. The fourth-order valence-electron chi connectivity index (χ4n) is 2.31. The van der Waals surface area contributed by atoms with E-state index in [0.717, 1.165) is 33.3 Å². The van der Waals surface area contributed by atoms with Gasteiger partial charge in [0, 0.05) is 11.6 Å². The maximum Gasteiger partial charge on any atom is 0.142 e. The molecule has 0 heterocycles. The first kappa shape index (κ1) is 17.5. The SMILES string of the molecule is Cc1cc(OCCNc2ccccc2OC(C)C)cc(C)c1Cl. The lowest BCUT2D eigenvalue weighted by Gasteiger charge is -2.16. The third-order valence-electron chi connectivity index (χ3n) is 3.35. The van der Waals surface area contributed by atoms with Gasteiger partial charge >= 0.3 is 0 Å². The minimum atomic E-state index is 0.147. The van der Waals surface area contributed by atoms with Crippen molar-refractivity contribution in [3.8, 4) is 11.5 Å². The first-order valence-corrected chi connectivity index (χ1v) is 8.24. The van der Waals surface area contributed by atoms with E-state index in [4.69, 9.17) is 21.1 Å². The van der Waals surface area contributed by atoms with Gasteiger partial charge in [-0.05, 0) is 63.1 Å². The van der Waals surface area contributed by atoms with Gasteiger partial charge in [-0.15, -0.1) is 0 Å². The van der Waals surface area contributed by atoms with Gasteiger partial charge in [0.25, 0.3) is 0 Å². The summed E-state index contributed by atoms with van der Waals surface area (Å²) in [5.41, 5.74) is 3.05. The molecule has 0 aromatic heterocycles. The fraction of sp³-hybridized carbons (Fsp3) is 0.368. The molecule has 0 aliphatic rings. The molecule has 0 aliphatic heterocycles. The van der Waals surface area contributed by atoms with Crippen LogP contribution in [0.4, 0.5) is 5.69 Å². The van der Waals surface area contributed by atoms with Crippen molar-refractivity contribution in [2.24, 2.45) is 0 Å². The standard InChI is InChI=1S/C19H24ClNO2/c1-13(2)23-18-8-6-5-7-17(18)21-9-10-22-16-11-14(3)19(20)15(4)12-16/h5-8,11-13,21H,9-10H2,1-4H3. The third kappa shape index (κ3) is 5.07. The molecule has 0 fully saturated rings. The summed E-state index contributed by atoms with van der Waals surface area (Å²) in [4.78, 5) is 0. The van der Waals surface area contributed by atoms with Gasteiger partial charge in [-0.1, -0.05) is 23.7 Å². The van der Waals surface area contributed by atoms with Gasteiger partial charge in [0.15, 0.2) is 0 Å². The number of halogens is 1. The van der Waals surface area contributed by atoms with Gasteiger partial charge < -0.3 is 14.8 Å². The monoisotopic (exact) mass is 333 g/mol. The lowest BCUT2D eigenvalue weighted by atomic mass is 10.1. The van der Waals surface area contributed by atoms with Crippen molar-refractivity contribution in [1.29, 1.82) is 0 Å². The zero-order valence-electron chi connectivity index (χ0n) is 14.2. The van der Waals surface area contributed by atoms with Crippen molar-refractivity contribution >= 4 is 17.3 Å². The Balaban J connectivity index is 1.89. The molecule has 0 spiro atoms. The molecule has 0 atom stereocenters. The Bertz CT molecular complexity index is 633. The smallest absolute Gasteiger partial charge is 0.142 e. The van der Waals surface area contributed by atoms with Gasteiger partial charge in [-0.2, -0.15) is 0 Å². The highest BCUT2D eigenvalue weighted by Crippen LogP contribution is 2.26. The number of rotatable bonds is 7. The Labute approximate surface area is 143 Å². The normalized spacial score (nSPS) is 10.7. The van der Waals surface area contributed by atoms with Crippen LogP contribution in [0.25, 0.3) is 0 Å². The molecule has 0 unspecified atom stereocenters. The summed E-state index contributed by atoms with van der Waals surface area (Å²) in [5.74, 6) is 1.71. The van der Waals surface area contributed by atoms with Crippen LogP contribution < -0.4 is 14.8 Å². The molecular weight excluding hydrogens is 310 g/mol. The first-order chi connectivity index (χ1) is 11.0. The number of para-hydroxylation sites is 2. The Kier molecular flexibility index (Phi) is 6.17. The Morgan fingerprint density at radius 2 is 1.74 bits per heavy atom. The molecular formula is C19H24ClNO2. The minimum Gasteiger partial charge on any atom is -0.492 e. The van der Waals surface area contributed by atoms with Crippen LogP contribution >= 0.6 is 11.6 Å². The molecule has 1 N–H and O–H groups in total. The molecule has 0 radical (unpaired) electrons. The molecule has 4 heteroatoms. The van der Waals surface area contributed by atoms with Gasteiger partial charge in [-0.25, -0.2) is 0 Å². The fourth-order valence-corrected chi connectivity index (χ4v) is 2.42. The second-order valence-corrected chi connectivity index (χ2v) is 6.19. The van der Waals surface area contributed by atoms with E-state index in [1.807, 2.05) is 64.1 Å². The summed E-state index contributed by atoms with van der Waals surface area (Å²) in [6.07, 6.45) is 0.147. The van der Waals surface area contributed by atoms with E-state index >= 15 is 0 Å². The first-order valence-electron chi connectivity index (χ1n) is 7.86. The highest BCUT2D eigenvalue weighted by molar-refractivity contribution is 6.32. The number of nitrogens with one attached hydrogen (secondary N) is 1. The second-order valence-electron chi connectivity index (χ2n) is 5.81. The van der Waals surface area contributed by atoms with Crippen LogP contribution in [0.2, 0.25) is 5.02 Å². The van der Waals surface area contributed by atoms with Crippen LogP contribution in [-0.4, -0.2) is 19.3 Å². The average molecular weight is 334 g/mol. The van der Waals surface area contributed by atoms with E-state index in [9.17, 15) is 0 Å². The Morgan fingerprint density at radius 3 is 2.39 bits per heavy atom. The molecule has 0 amide bonds. The van der Waals surface area contributed by atoms with Crippen LogP contribution in [-0.2, 0) is 0 Å². The number of anilines is 1.